The molecule has 2 amide bonds. The standard InChI is InChI=1S/C17H20N4O2/c18-9-12-2-1-3-14(8-12)17(23)21-10-15(11-21)20-6-4-13(5-7-20)16(19)22/h1-3,8,13,15H,4-7,10-11H2,(H2,19,22). The van der Waals surface area contributed by atoms with E-state index in [0.717, 1.165) is 25.9 Å². The zero-order chi connectivity index (χ0) is 16.4. The molecule has 2 aliphatic rings. The number of primary amides is 1. The Hall–Kier alpha value is -2.39. The highest BCUT2D eigenvalue weighted by Crippen LogP contribution is 2.24. The molecule has 2 heterocycles. The zero-order valence-electron chi connectivity index (χ0n) is 12.9. The summed E-state index contributed by atoms with van der Waals surface area (Å²) in [7, 11) is 0. The van der Waals surface area contributed by atoms with Crippen molar-refractivity contribution < 1.29 is 9.59 Å². The normalized spacial score (nSPS) is 19.9. The van der Waals surface area contributed by atoms with Gasteiger partial charge in [-0.25, -0.2) is 0 Å². The number of nitrogens with two attached hydrogens (primary N) is 1. The van der Waals surface area contributed by atoms with Crippen LogP contribution in [-0.4, -0.2) is 53.8 Å². The van der Waals surface area contributed by atoms with Gasteiger partial charge in [-0.15, -0.1) is 0 Å². The molecule has 2 fully saturated rings. The fraction of sp³-hybridized carbons (Fsp3) is 0.471. The summed E-state index contributed by atoms with van der Waals surface area (Å²) in [6, 6.07) is 9.23. The van der Waals surface area contributed by atoms with Crippen molar-refractivity contribution in [3.8, 4) is 6.07 Å². The highest BCUT2D eigenvalue weighted by molar-refractivity contribution is 5.95. The third-order valence-electron chi connectivity index (χ3n) is 4.84. The van der Waals surface area contributed by atoms with E-state index in [1.54, 1.807) is 29.2 Å². The Labute approximate surface area is 135 Å². The van der Waals surface area contributed by atoms with Crippen LogP contribution in [0.25, 0.3) is 0 Å². The van der Waals surface area contributed by atoms with Crippen LogP contribution in [0, 0.1) is 17.2 Å². The van der Waals surface area contributed by atoms with Gasteiger partial charge in [0.05, 0.1) is 11.6 Å². The summed E-state index contributed by atoms with van der Waals surface area (Å²) < 4.78 is 0. The lowest BCUT2D eigenvalue weighted by molar-refractivity contribution is -0.123. The lowest BCUT2D eigenvalue weighted by atomic mass is 9.93. The van der Waals surface area contributed by atoms with Gasteiger partial charge in [0.1, 0.15) is 0 Å². The number of hydrogen-bond acceptors (Lipinski definition) is 4. The maximum atomic E-state index is 12.4. The molecular formula is C17H20N4O2. The van der Waals surface area contributed by atoms with E-state index in [1.807, 2.05) is 0 Å². The third-order valence-corrected chi connectivity index (χ3v) is 4.84. The number of piperidine rings is 1. The lowest BCUT2D eigenvalue weighted by Gasteiger charge is -2.47. The number of rotatable bonds is 3. The second-order valence-electron chi connectivity index (χ2n) is 6.27. The minimum Gasteiger partial charge on any atom is -0.369 e. The van der Waals surface area contributed by atoms with Gasteiger partial charge in [0.25, 0.3) is 5.91 Å². The maximum absolute atomic E-state index is 12.4. The SMILES string of the molecule is N#Cc1cccc(C(=O)N2CC(N3CCC(C(N)=O)CC3)C2)c1. The van der Waals surface area contributed by atoms with Crippen LogP contribution in [0.3, 0.4) is 0 Å². The molecule has 0 aromatic heterocycles. The molecule has 0 aliphatic carbocycles. The van der Waals surface area contributed by atoms with E-state index in [0.29, 0.717) is 30.3 Å². The first-order valence-corrected chi connectivity index (χ1v) is 7.91. The number of benzene rings is 1. The molecule has 1 aromatic rings. The molecule has 0 spiro atoms. The van der Waals surface area contributed by atoms with Crippen molar-refractivity contribution in [2.75, 3.05) is 26.2 Å². The number of amides is 2. The first-order valence-electron chi connectivity index (χ1n) is 7.91. The van der Waals surface area contributed by atoms with Crippen LogP contribution in [0.1, 0.15) is 28.8 Å². The Morgan fingerprint density at radius 1 is 1.22 bits per heavy atom. The van der Waals surface area contributed by atoms with E-state index < -0.39 is 0 Å². The monoisotopic (exact) mass is 312 g/mol. The van der Waals surface area contributed by atoms with Crippen molar-refractivity contribution in [3.63, 3.8) is 0 Å². The molecule has 1 aromatic carbocycles. The zero-order valence-corrected chi connectivity index (χ0v) is 12.9. The largest absolute Gasteiger partial charge is 0.369 e. The maximum Gasteiger partial charge on any atom is 0.254 e. The topological polar surface area (TPSA) is 90.4 Å². The second kappa shape index (κ2) is 6.39. The van der Waals surface area contributed by atoms with Gasteiger partial charge in [-0.1, -0.05) is 6.07 Å². The summed E-state index contributed by atoms with van der Waals surface area (Å²) in [5.74, 6) is -0.226. The van der Waals surface area contributed by atoms with Gasteiger partial charge in [-0.05, 0) is 44.1 Å². The molecular weight excluding hydrogens is 292 g/mol. The fourth-order valence-electron chi connectivity index (χ4n) is 3.31. The van der Waals surface area contributed by atoms with Crippen LogP contribution >= 0.6 is 0 Å². The molecule has 0 saturated carbocycles. The number of carbonyl (C=O) groups excluding carboxylic acids is 2. The van der Waals surface area contributed by atoms with E-state index >= 15 is 0 Å². The molecule has 23 heavy (non-hydrogen) atoms. The smallest absolute Gasteiger partial charge is 0.254 e. The summed E-state index contributed by atoms with van der Waals surface area (Å²) in [4.78, 5) is 27.7. The van der Waals surface area contributed by atoms with Gasteiger partial charge in [0.2, 0.25) is 5.91 Å². The van der Waals surface area contributed by atoms with Gasteiger partial charge in [0, 0.05) is 30.6 Å². The van der Waals surface area contributed by atoms with Crippen molar-refractivity contribution in [2.45, 2.75) is 18.9 Å². The van der Waals surface area contributed by atoms with E-state index in [9.17, 15) is 9.59 Å². The lowest BCUT2D eigenvalue weighted by Crippen LogP contribution is -2.62. The fourth-order valence-corrected chi connectivity index (χ4v) is 3.31. The molecule has 3 rings (SSSR count). The van der Waals surface area contributed by atoms with Crippen LogP contribution in [0.15, 0.2) is 24.3 Å². The average molecular weight is 312 g/mol. The number of carbonyl (C=O) groups is 2. The second-order valence-corrected chi connectivity index (χ2v) is 6.27. The molecule has 6 nitrogen and oxygen atoms in total. The van der Waals surface area contributed by atoms with Crippen molar-refractivity contribution >= 4 is 11.8 Å². The first-order chi connectivity index (χ1) is 11.1. The average Bonchev–Trinajstić information content (AvgIpc) is 2.54. The van der Waals surface area contributed by atoms with Gasteiger partial charge >= 0.3 is 0 Å². The molecule has 6 heteroatoms. The molecule has 120 valence electrons. The Morgan fingerprint density at radius 2 is 1.91 bits per heavy atom. The van der Waals surface area contributed by atoms with Gasteiger partial charge in [0.15, 0.2) is 0 Å². The van der Waals surface area contributed by atoms with Crippen LogP contribution in [0.5, 0.6) is 0 Å². The van der Waals surface area contributed by atoms with E-state index in [4.69, 9.17) is 11.0 Å². The van der Waals surface area contributed by atoms with Gasteiger partial charge in [-0.2, -0.15) is 5.26 Å². The van der Waals surface area contributed by atoms with Crippen LogP contribution in [0.4, 0.5) is 0 Å². The molecule has 2 aliphatic heterocycles. The van der Waals surface area contributed by atoms with E-state index in [2.05, 4.69) is 11.0 Å². The minimum absolute atomic E-state index is 0.00205. The molecule has 0 radical (unpaired) electrons. The van der Waals surface area contributed by atoms with Crippen molar-refractivity contribution in [1.29, 1.82) is 5.26 Å². The van der Waals surface area contributed by atoms with Crippen LogP contribution in [0.2, 0.25) is 0 Å². The van der Waals surface area contributed by atoms with Crippen molar-refractivity contribution in [2.24, 2.45) is 11.7 Å². The highest BCUT2D eigenvalue weighted by atomic mass is 16.2. The quantitative estimate of drug-likeness (QED) is 0.884. The van der Waals surface area contributed by atoms with Crippen LogP contribution in [-0.2, 0) is 4.79 Å². The van der Waals surface area contributed by atoms with Gasteiger partial charge < -0.3 is 10.6 Å². The number of hydrogen-bond donors (Lipinski definition) is 1. The Morgan fingerprint density at radius 3 is 2.52 bits per heavy atom. The summed E-state index contributed by atoms with van der Waals surface area (Å²) in [6.07, 6.45) is 1.62. The predicted octanol–water partition coefficient (Wildman–Crippen LogP) is 0.580. The molecule has 0 bridgehead atoms. The summed E-state index contributed by atoms with van der Waals surface area (Å²) in [6.45, 7) is 3.14. The van der Waals surface area contributed by atoms with Crippen molar-refractivity contribution in [3.05, 3.63) is 35.4 Å². The highest BCUT2D eigenvalue weighted by Gasteiger charge is 2.37. The van der Waals surface area contributed by atoms with E-state index in [1.165, 1.54) is 0 Å². The van der Waals surface area contributed by atoms with Crippen molar-refractivity contribution in [1.82, 2.24) is 9.80 Å². The van der Waals surface area contributed by atoms with Gasteiger partial charge in [-0.3, -0.25) is 14.5 Å². The number of nitrogens with zero attached hydrogens (tertiary/aromatic N) is 3. The minimum atomic E-state index is -0.201. The molecule has 0 atom stereocenters. The molecule has 0 unspecified atom stereocenters. The summed E-state index contributed by atoms with van der Waals surface area (Å²) in [5, 5.41) is 8.91. The van der Waals surface area contributed by atoms with Crippen LogP contribution < -0.4 is 5.73 Å². The number of likely N-dealkylation sites (tertiary alicyclic amines) is 2. The van der Waals surface area contributed by atoms with E-state index in [-0.39, 0.29) is 17.7 Å². The third kappa shape index (κ3) is 3.20. The summed E-state index contributed by atoms with van der Waals surface area (Å²) in [5.41, 5.74) is 6.42. The Balaban J connectivity index is 1.52. The Bertz CT molecular complexity index is 653. The molecule has 2 saturated heterocycles. The summed E-state index contributed by atoms with van der Waals surface area (Å²) >= 11 is 0. The molecule has 2 N–H and O–H groups in total. The first kappa shape index (κ1) is 15.5. The Kier molecular flexibility index (Phi) is 4.30. The number of nitriles is 1. The predicted molar refractivity (Wildman–Crippen MR) is 84.3 cm³/mol.